The minimum atomic E-state index is -2.74. The molecule has 2 fully saturated rings. The number of aldehydes is 1. The average Bonchev–Trinajstić information content (AvgIpc) is 3.20. The number of hydrogen-bond donors (Lipinski definition) is 2. The first-order valence-electron chi connectivity index (χ1n) is 9.91. The Morgan fingerprint density at radius 3 is 2.33 bits per heavy atom. The van der Waals surface area contributed by atoms with Gasteiger partial charge in [0.25, 0.3) is 11.8 Å². The van der Waals surface area contributed by atoms with Crippen molar-refractivity contribution in [1.82, 2.24) is 5.32 Å². The second-order valence-electron chi connectivity index (χ2n) is 8.40. The maximum Gasteiger partial charge on any atom is 0.253 e. The highest BCUT2D eigenvalue weighted by atomic mass is 79.9. The number of carbonyl (C=O) groups excluding carboxylic acids is 2. The summed E-state index contributed by atoms with van der Waals surface area (Å²) in [5.41, 5.74) is 0.345. The van der Waals surface area contributed by atoms with Gasteiger partial charge in [0, 0.05) is 46.0 Å². The molecule has 2 aliphatic rings. The van der Waals surface area contributed by atoms with E-state index in [0.29, 0.717) is 5.69 Å². The lowest BCUT2D eigenvalue weighted by Crippen LogP contribution is -2.50. The van der Waals surface area contributed by atoms with Crippen molar-refractivity contribution >= 4 is 84.5 Å². The number of nitrogens with one attached hydrogen (secondary N) is 2. The van der Waals surface area contributed by atoms with E-state index in [0.717, 1.165) is 20.8 Å². The van der Waals surface area contributed by atoms with E-state index in [1.165, 1.54) is 12.1 Å². The first kappa shape index (κ1) is 25.2. The fraction of sp³-hybridized carbons (Fsp3) is 0.364. The zero-order valence-corrected chi connectivity index (χ0v) is 22.2. The van der Waals surface area contributed by atoms with Gasteiger partial charge in [0.05, 0.1) is 16.0 Å². The van der Waals surface area contributed by atoms with Crippen molar-refractivity contribution in [3.8, 4) is 0 Å². The molecule has 0 aromatic heterocycles. The van der Waals surface area contributed by atoms with Crippen molar-refractivity contribution in [3.63, 3.8) is 0 Å². The fourth-order valence-electron chi connectivity index (χ4n) is 4.22. The number of amides is 1. The van der Waals surface area contributed by atoms with Gasteiger partial charge >= 0.3 is 0 Å². The third kappa shape index (κ3) is 4.79. The maximum atomic E-state index is 13.1. The van der Waals surface area contributed by atoms with Crippen molar-refractivity contribution in [2.75, 3.05) is 11.9 Å². The Balaban J connectivity index is 1.49. The van der Waals surface area contributed by atoms with Crippen LogP contribution in [0.5, 0.6) is 0 Å². The zero-order valence-electron chi connectivity index (χ0n) is 16.8. The number of benzene rings is 2. The third-order valence-electron chi connectivity index (χ3n) is 6.06. The van der Waals surface area contributed by atoms with Crippen LogP contribution in [-0.2, 0) is 4.79 Å². The number of rotatable bonds is 7. The highest BCUT2D eigenvalue weighted by Crippen LogP contribution is 2.73. The fourth-order valence-corrected chi connectivity index (χ4v) is 6.72. The van der Waals surface area contributed by atoms with Gasteiger partial charge < -0.3 is 15.4 Å². The Morgan fingerprint density at radius 1 is 1.12 bits per heavy atom. The second-order valence-corrected chi connectivity index (χ2v) is 12.0. The molecule has 0 aliphatic heterocycles. The van der Waals surface area contributed by atoms with Gasteiger partial charge in [-0.15, -0.1) is 0 Å². The van der Waals surface area contributed by atoms with E-state index >= 15 is 0 Å². The zero-order chi connectivity index (χ0) is 24.2. The van der Waals surface area contributed by atoms with Crippen molar-refractivity contribution in [3.05, 3.63) is 61.5 Å². The van der Waals surface area contributed by atoms with Gasteiger partial charge in [-0.3, -0.25) is 4.79 Å². The monoisotopic (exact) mass is 642 g/mol. The molecule has 2 atom stereocenters. The SMILES string of the molecule is O=CC1(CNc2ccc(Cl)c(C(=O)NC3CC(F)(F)C3)c2)C(c2cc(Br)cc(Br)c2)C1(Cl)Cl. The molecule has 2 aliphatic carbocycles. The lowest BCUT2D eigenvalue weighted by Gasteiger charge is -2.35. The van der Waals surface area contributed by atoms with Crippen molar-refractivity contribution in [2.45, 2.75) is 35.1 Å². The molecular formula is C22H17Br2Cl3F2N2O2. The third-order valence-corrected chi connectivity index (χ3v) is 8.45. The molecule has 4 nitrogen and oxygen atoms in total. The van der Waals surface area contributed by atoms with Crippen LogP contribution in [0.1, 0.15) is 34.7 Å². The summed E-state index contributed by atoms with van der Waals surface area (Å²) in [5.74, 6) is -3.74. The van der Waals surface area contributed by atoms with Crippen LogP contribution in [0.2, 0.25) is 5.02 Å². The van der Waals surface area contributed by atoms with Crippen LogP contribution < -0.4 is 10.6 Å². The van der Waals surface area contributed by atoms with E-state index in [4.69, 9.17) is 34.8 Å². The smallest absolute Gasteiger partial charge is 0.253 e. The van der Waals surface area contributed by atoms with E-state index < -0.39 is 46.4 Å². The van der Waals surface area contributed by atoms with Gasteiger partial charge in [-0.25, -0.2) is 8.78 Å². The lowest BCUT2D eigenvalue weighted by molar-refractivity contribution is -0.112. The molecular weight excluding hydrogens is 628 g/mol. The quantitative estimate of drug-likeness (QED) is 0.253. The predicted octanol–water partition coefficient (Wildman–Crippen LogP) is 6.96. The predicted molar refractivity (Wildman–Crippen MR) is 133 cm³/mol. The topological polar surface area (TPSA) is 58.2 Å². The number of carbonyl (C=O) groups is 2. The minimum absolute atomic E-state index is 0.107. The Kier molecular flexibility index (Phi) is 6.82. The summed E-state index contributed by atoms with van der Waals surface area (Å²) in [7, 11) is 0. The molecule has 176 valence electrons. The van der Waals surface area contributed by atoms with E-state index in [1.54, 1.807) is 6.07 Å². The number of anilines is 1. The molecule has 33 heavy (non-hydrogen) atoms. The summed E-state index contributed by atoms with van der Waals surface area (Å²) in [4.78, 5) is 24.7. The van der Waals surface area contributed by atoms with Crippen LogP contribution in [0.25, 0.3) is 0 Å². The first-order valence-corrected chi connectivity index (χ1v) is 12.6. The van der Waals surface area contributed by atoms with Crippen LogP contribution >= 0.6 is 66.7 Å². The Hall–Kier alpha value is -0.930. The van der Waals surface area contributed by atoms with Crippen LogP contribution in [0.15, 0.2) is 45.3 Å². The molecule has 1 amide bonds. The Morgan fingerprint density at radius 2 is 1.76 bits per heavy atom. The Labute approximate surface area is 221 Å². The van der Waals surface area contributed by atoms with Gasteiger partial charge in [0.15, 0.2) is 0 Å². The number of hydrogen-bond acceptors (Lipinski definition) is 3. The van der Waals surface area contributed by atoms with Gasteiger partial charge in [0.1, 0.15) is 10.6 Å². The molecule has 0 heterocycles. The molecule has 2 aromatic rings. The van der Waals surface area contributed by atoms with Gasteiger partial charge in [-0.05, 0) is 42.0 Å². The van der Waals surface area contributed by atoms with E-state index in [-0.39, 0.29) is 17.1 Å². The van der Waals surface area contributed by atoms with E-state index in [9.17, 15) is 18.4 Å². The van der Waals surface area contributed by atoms with Crippen molar-refractivity contribution in [1.29, 1.82) is 0 Å². The summed E-state index contributed by atoms with van der Waals surface area (Å²) in [6, 6.07) is 9.65. The standard InChI is InChI=1S/C22H17Br2Cl3F2N2O2/c23-12-3-11(4-13(24)5-12)18-20(10-32,22(18,26)27)9-30-14-1-2-17(25)16(6-14)19(33)31-15-7-21(28,29)8-15/h1-6,10,15,18,30H,7-9H2,(H,31,33). The van der Waals surface area contributed by atoms with Crippen LogP contribution in [0.3, 0.4) is 0 Å². The molecule has 2 aromatic carbocycles. The first-order chi connectivity index (χ1) is 15.4. The molecule has 11 heteroatoms. The molecule has 0 spiro atoms. The maximum absolute atomic E-state index is 13.1. The summed E-state index contributed by atoms with van der Waals surface area (Å²) in [5, 5.41) is 5.87. The highest BCUT2D eigenvalue weighted by Gasteiger charge is 2.76. The molecule has 4 rings (SSSR count). The summed E-state index contributed by atoms with van der Waals surface area (Å²) < 4.78 is 26.4. The number of halogens is 7. The van der Waals surface area contributed by atoms with E-state index in [2.05, 4.69) is 42.5 Å². The molecule has 2 unspecified atom stereocenters. The molecule has 2 saturated carbocycles. The minimum Gasteiger partial charge on any atom is -0.384 e. The normalized spacial score (nSPS) is 25.1. The molecule has 0 radical (unpaired) electrons. The summed E-state index contributed by atoms with van der Waals surface area (Å²) in [6.45, 7) is 0.107. The van der Waals surface area contributed by atoms with Crippen molar-refractivity contribution in [2.24, 2.45) is 5.41 Å². The van der Waals surface area contributed by atoms with Gasteiger partial charge in [0.2, 0.25) is 0 Å². The second kappa shape index (κ2) is 8.94. The number of alkyl halides is 4. The largest absolute Gasteiger partial charge is 0.384 e. The molecule has 2 N–H and O–H groups in total. The van der Waals surface area contributed by atoms with Gasteiger partial charge in [-0.1, -0.05) is 66.7 Å². The van der Waals surface area contributed by atoms with Crippen molar-refractivity contribution < 1.29 is 18.4 Å². The van der Waals surface area contributed by atoms with Crippen LogP contribution in [-0.4, -0.2) is 35.0 Å². The molecule has 0 bridgehead atoms. The van der Waals surface area contributed by atoms with Gasteiger partial charge in [-0.2, -0.15) is 0 Å². The lowest BCUT2D eigenvalue weighted by atomic mass is 9.88. The van der Waals surface area contributed by atoms with Crippen LogP contribution in [0.4, 0.5) is 14.5 Å². The van der Waals surface area contributed by atoms with E-state index in [1.807, 2.05) is 18.2 Å². The van der Waals surface area contributed by atoms with Crippen LogP contribution in [0, 0.1) is 5.41 Å². The Bertz CT molecular complexity index is 1110. The summed E-state index contributed by atoms with van der Waals surface area (Å²) >= 11 is 26.1. The average molecular weight is 646 g/mol. The molecule has 0 saturated heterocycles. The summed E-state index contributed by atoms with van der Waals surface area (Å²) in [6.07, 6.45) is -0.0344. The highest BCUT2D eigenvalue weighted by molar-refractivity contribution is 9.11.